The molecule has 2 N–H and O–H groups in total. The van der Waals surface area contributed by atoms with Gasteiger partial charge in [-0.1, -0.05) is 42.5 Å². The lowest BCUT2D eigenvalue weighted by Gasteiger charge is -1.95. The first-order valence-corrected chi connectivity index (χ1v) is 6.06. The second-order valence-corrected chi connectivity index (χ2v) is 4.52. The normalized spacial score (nSPS) is 11.3. The predicted octanol–water partition coefficient (Wildman–Crippen LogP) is 4.32. The van der Waals surface area contributed by atoms with Crippen molar-refractivity contribution in [2.45, 2.75) is 0 Å². The van der Waals surface area contributed by atoms with E-state index >= 15 is 0 Å². The van der Waals surface area contributed by atoms with E-state index in [1.807, 2.05) is 0 Å². The topological polar surface area (TPSA) is 31.6 Å². The fourth-order valence-electron chi connectivity index (χ4n) is 2.51. The molecule has 0 saturated carbocycles. The molecule has 0 unspecified atom stereocenters. The molecule has 2 heterocycles. The lowest BCUT2D eigenvalue weighted by molar-refractivity contribution is 1.36. The molecule has 4 rings (SSSR count). The van der Waals surface area contributed by atoms with E-state index in [9.17, 15) is 0 Å². The lowest BCUT2D eigenvalue weighted by atomic mass is 10.1. The third-order valence-corrected chi connectivity index (χ3v) is 3.40. The van der Waals surface area contributed by atoms with Gasteiger partial charge >= 0.3 is 0 Å². The molecule has 0 radical (unpaired) electrons. The predicted molar refractivity (Wildman–Crippen MR) is 75.6 cm³/mol. The zero-order chi connectivity index (χ0) is 11.9. The number of benzene rings is 2. The third-order valence-electron chi connectivity index (χ3n) is 3.40. The van der Waals surface area contributed by atoms with E-state index in [-0.39, 0.29) is 0 Å². The molecular formula is C16H12N2. The minimum atomic E-state index is 1.14. The van der Waals surface area contributed by atoms with Crippen molar-refractivity contribution < 1.29 is 0 Å². The van der Waals surface area contributed by atoms with Crippen LogP contribution in [0.15, 0.2) is 60.8 Å². The summed E-state index contributed by atoms with van der Waals surface area (Å²) in [5.41, 5.74) is 3.46. The van der Waals surface area contributed by atoms with Gasteiger partial charge in [0.15, 0.2) is 0 Å². The van der Waals surface area contributed by atoms with Crippen molar-refractivity contribution in [2.24, 2.45) is 0 Å². The molecular weight excluding hydrogens is 220 g/mol. The van der Waals surface area contributed by atoms with Crippen molar-refractivity contribution in [1.29, 1.82) is 0 Å². The van der Waals surface area contributed by atoms with E-state index in [0.29, 0.717) is 0 Å². The van der Waals surface area contributed by atoms with Crippen molar-refractivity contribution in [3.05, 3.63) is 60.8 Å². The molecule has 2 aromatic heterocycles. The molecule has 2 heteroatoms. The Kier molecular flexibility index (Phi) is 1.86. The first-order chi connectivity index (χ1) is 8.92. The van der Waals surface area contributed by atoms with Gasteiger partial charge in [0.25, 0.3) is 0 Å². The highest BCUT2D eigenvalue weighted by Crippen LogP contribution is 2.29. The second kappa shape index (κ2) is 3.50. The van der Waals surface area contributed by atoms with Gasteiger partial charge in [-0.25, -0.2) is 0 Å². The Morgan fingerprint density at radius 1 is 0.778 bits per heavy atom. The summed E-state index contributed by atoms with van der Waals surface area (Å²) in [4.78, 5) is 6.82. The Balaban J connectivity index is 2.01. The summed E-state index contributed by atoms with van der Waals surface area (Å²) in [5, 5.41) is 3.74. The fourth-order valence-corrected chi connectivity index (χ4v) is 2.51. The van der Waals surface area contributed by atoms with E-state index in [1.54, 1.807) is 0 Å². The van der Waals surface area contributed by atoms with Gasteiger partial charge in [0, 0.05) is 22.5 Å². The fraction of sp³-hybridized carbons (Fsp3) is 0. The van der Waals surface area contributed by atoms with Crippen LogP contribution in [0.4, 0.5) is 0 Å². The molecule has 2 nitrogen and oxygen atoms in total. The Hall–Kier alpha value is -2.48. The number of hydrogen-bond acceptors (Lipinski definition) is 0. The van der Waals surface area contributed by atoms with E-state index in [0.717, 1.165) is 11.4 Å². The summed E-state index contributed by atoms with van der Waals surface area (Å²) in [5.74, 6) is 0. The lowest BCUT2D eigenvalue weighted by Crippen LogP contribution is -1.76. The van der Waals surface area contributed by atoms with Crippen LogP contribution >= 0.6 is 0 Å². The number of H-pyrrole nitrogens is 2. The van der Waals surface area contributed by atoms with Gasteiger partial charge in [-0.3, -0.25) is 0 Å². The highest BCUT2D eigenvalue weighted by molar-refractivity contribution is 5.97. The smallest absolute Gasteiger partial charge is 0.0699 e. The van der Waals surface area contributed by atoms with Crippen LogP contribution in [0.3, 0.4) is 0 Å². The number of rotatable bonds is 1. The maximum Gasteiger partial charge on any atom is 0.0699 e. The molecule has 0 aliphatic carbocycles. The molecule has 0 amide bonds. The summed E-state index contributed by atoms with van der Waals surface area (Å²) in [6.07, 6.45) is 2.05. The second-order valence-electron chi connectivity index (χ2n) is 4.52. The van der Waals surface area contributed by atoms with Crippen LogP contribution in [0, 0.1) is 0 Å². The minimum Gasteiger partial charge on any atom is -0.359 e. The molecule has 0 fully saturated rings. The molecule has 0 aliphatic heterocycles. The molecule has 0 saturated heterocycles. The first-order valence-electron chi connectivity index (χ1n) is 6.06. The average molecular weight is 232 g/mol. The van der Waals surface area contributed by atoms with Crippen LogP contribution in [0.1, 0.15) is 0 Å². The first kappa shape index (κ1) is 9.54. The van der Waals surface area contributed by atoms with Crippen molar-refractivity contribution in [3.8, 4) is 11.4 Å². The van der Waals surface area contributed by atoms with Crippen molar-refractivity contribution in [3.63, 3.8) is 0 Å². The van der Waals surface area contributed by atoms with Gasteiger partial charge in [-0.2, -0.15) is 0 Å². The number of fused-ring (bicyclic) bond motifs is 2. The number of para-hydroxylation sites is 1. The minimum absolute atomic E-state index is 1.14. The van der Waals surface area contributed by atoms with Crippen LogP contribution < -0.4 is 0 Å². The molecule has 86 valence electrons. The molecule has 2 aromatic carbocycles. The molecule has 0 bridgehead atoms. The van der Waals surface area contributed by atoms with Crippen molar-refractivity contribution in [2.75, 3.05) is 0 Å². The quantitative estimate of drug-likeness (QED) is 0.490. The van der Waals surface area contributed by atoms with Crippen molar-refractivity contribution in [1.82, 2.24) is 9.97 Å². The van der Waals surface area contributed by atoms with Crippen LogP contribution in [-0.2, 0) is 0 Å². The largest absolute Gasteiger partial charge is 0.359 e. The molecule has 0 atom stereocenters. The summed E-state index contributed by atoms with van der Waals surface area (Å²) in [6, 6.07) is 18.9. The molecule has 4 aromatic rings. The summed E-state index contributed by atoms with van der Waals surface area (Å²) < 4.78 is 0. The van der Waals surface area contributed by atoms with E-state index in [2.05, 4.69) is 70.8 Å². The monoisotopic (exact) mass is 232 g/mol. The van der Waals surface area contributed by atoms with E-state index < -0.39 is 0 Å². The number of nitrogens with one attached hydrogen (secondary N) is 2. The Bertz CT molecular complexity index is 803. The van der Waals surface area contributed by atoms with Crippen LogP contribution in [0.25, 0.3) is 33.1 Å². The maximum absolute atomic E-state index is 3.46. The molecule has 0 spiro atoms. The summed E-state index contributed by atoms with van der Waals surface area (Å²) in [6.45, 7) is 0. The maximum atomic E-state index is 3.46. The van der Waals surface area contributed by atoms with Gasteiger partial charge in [0.1, 0.15) is 0 Å². The van der Waals surface area contributed by atoms with E-state index in [1.165, 1.54) is 21.7 Å². The highest BCUT2D eigenvalue weighted by Gasteiger charge is 2.07. The van der Waals surface area contributed by atoms with Gasteiger partial charge in [0.05, 0.1) is 11.4 Å². The average Bonchev–Trinajstić information content (AvgIpc) is 3.02. The van der Waals surface area contributed by atoms with Crippen LogP contribution in [0.5, 0.6) is 0 Å². The van der Waals surface area contributed by atoms with Gasteiger partial charge in [-0.05, 0) is 17.5 Å². The Labute approximate surface area is 104 Å². The Morgan fingerprint density at radius 3 is 2.44 bits per heavy atom. The van der Waals surface area contributed by atoms with Gasteiger partial charge in [-0.15, -0.1) is 0 Å². The Morgan fingerprint density at radius 2 is 1.56 bits per heavy atom. The zero-order valence-corrected chi connectivity index (χ0v) is 9.77. The number of aromatic nitrogens is 2. The van der Waals surface area contributed by atoms with Crippen LogP contribution in [-0.4, -0.2) is 9.97 Å². The molecule has 18 heavy (non-hydrogen) atoms. The molecule has 0 aliphatic rings. The van der Waals surface area contributed by atoms with Crippen molar-refractivity contribution >= 4 is 21.7 Å². The van der Waals surface area contributed by atoms with Gasteiger partial charge < -0.3 is 9.97 Å². The standard InChI is InChI=1S/C16H12N2/c1-3-7-13-12(6-1)10-17-16(13)15-9-11-5-2-4-8-14(11)18-15/h1-10,17-18H. The number of hydrogen-bond donors (Lipinski definition) is 2. The zero-order valence-electron chi connectivity index (χ0n) is 9.77. The summed E-state index contributed by atoms with van der Waals surface area (Å²) in [7, 11) is 0. The highest BCUT2D eigenvalue weighted by atomic mass is 14.8. The van der Waals surface area contributed by atoms with Crippen LogP contribution in [0.2, 0.25) is 0 Å². The SMILES string of the molecule is c1ccc2[nH]c(-c3[nH]cc4ccccc34)cc2c1. The summed E-state index contributed by atoms with van der Waals surface area (Å²) >= 11 is 0. The third kappa shape index (κ3) is 1.29. The van der Waals surface area contributed by atoms with Gasteiger partial charge in [0.2, 0.25) is 0 Å². The van der Waals surface area contributed by atoms with E-state index in [4.69, 9.17) is 0 Å². The number of aromatic amines is 2.